The number of nitrogens with zero attached hydrogens (tertiary/aromatic N) is 2. The number of aromatic nitrogens is 2. The summed E-state index contributed by atoms with van der Waals surface area (Å²) in [6, 6.07) is 8.87. The molecule has 2 aromatic rings. The lowest BCUT2D eigenvalue weighted by Crippen LogP contribution is -2.55. The van der Waals surface area contributed by atoms with Crippen molar-refractivity contribution in [1.82, 2.24) is 10.2 Å². The maximum absolute atomic E-state index is 10.3. The molecule has 3 rings (SSSR count). The zero-order valence-electron chi connectivity index (χ0n) is 14.6. The van der Waals surface area contributed by atoms with Gasteiger partial charge in [-0.25, -0.2) is 0 Å². The van der Waals surface area contributed by atoms with Gasteiger partial charge in [-0.2, -0.15) is 5.10 Å². The number of halogens is 1. The summed E-state index contributed by atoms with van der Waals surface area (Å²) in [7, 11) is 0. The summed E-state index contributed by atoms with van der Waals surface area (Å²) in [5.41, 5.74) is 2.08. The zero-order valence-corrected chi connectivity index (χ0v) is 16.1. The predicted octanol–water partition coefficient (Wildman–Crippen LogP) is 0.958. The van der Waals surface area contributed by atoms with Gasteiger partial charge in [-0.15, -0.1) is 16.9 Å². The Bertz CT molecular complexity index is 777. The molecule has 0 aliphatic carbocycles. The van der Waals surface area contributed by atoms with Crippen molar-refractivity contribution in [2.24, 2.45) is 0 Å². The third-order valence-electron chi connectivity index (χ3n) is 4.57. The molecule has 1 aromatic heterocycles. The van der Waals surface area contributed by atoms with Gasteiger partial charge in [-0.3, -0.25) is 0 Å². The second-order valence-corrected chi connectivity index (χ2v) is 7.58. The highest BCUT2D eigenvalue weighted by molar-refractivity contribution is 7.98. The van der Waals surface area contributed by atoms with E-state index in [1.165, 1.54) is 11.8 Å². The molecule has 1 aliphatic heterocycles. The zero-order chi connectivity index (χ0) is 19.6. The predicted molar refractivity (Wildman–Crippen MR) is 101 cm³/mol. The first-order chi connectivity index (χ1) is 12.9. The number of hydrogen-bond donors (Lipinski definition) is 4. The molecular weight excluding hydrogens is 392 g/mol. The van der Waals surface area contributed by atoms with Gasteiger partial charge in [0.05, 0.1) is 12.3 Å². The van der Waals surface area contributed by atoms with E-state index in [0.29, 0.717) is 17.0 Å². The van der Waals surface area contributed by atoms with Crippen LogP contribution < -0.4 is 0 Å². The lowest BCUT2D eigenvalue weighted by Gasteiger charge is -2.40. The molecule has 0 bridgehead atoms. The van der Waals surface area contributed by atoms with Gasteiger partial charge in [-0.1, -0.05) is 23.7 Å². The fraction of sp³-hybridized carbons (Fsp3) is 0.444. The van der Waals surface area contributed by atoms with Crippen molar-refractivity contribution in [3.63, 3.8) is 0 Å². The number of benzene rings is 1. The SMILES string of the molecule is CSc1ccc(Cc2cc([C@@H]3O[C@H](CO)[C@@H](O)[C@H](O)[C@H]3O)ccc2Cl)nn1. The first-order valence-electron chi connectivity index (χ1n) is 8.40. The van der Waals surface area contributed by atoms with Crippen LogP contribution >= 0.6 is 23.4 Å². The van der Waals surface area contributed by atoms with Crippen molar-refractivity contribution in [2.75, 3.05) is 12.9 Å². The third-order valence-corrected chi connectivity index (χ3v) is 5.57. The topological polar surface area (TPSA) is 116 Å². The van der Waals surface area contributed by atoms with Crippen molar-refractivity contribution in [1.29, 1.82) is 0 Å². The van der Waals surface area contributed by atoms with Gasteiger partial charge < -0.3 is 25.2 Å². The highest BCUT2D eigenvalue weighted by Crippen LogP contribution is 2.34. The van der Waals surface area contributed by atoms with Crippen molar-refractivity contribution in [3.8, 4) is 0 Å². The molecule has 5 atom stereocenters. The van der Waals surface area contributed by atoms with Crippen LogP contribution in [0.3, 0.4) is 0 Å². The van der Waals surface area contributed by atoms with E-state index in [1.807, 2.05) is 18.4 Å². The van der Waals surface area contributed by atoms with Crippen LogP contribution in [0.5, 0.6) is 0 Å². The number of aliphatic hydroxyl groups is 4. The molecule has 146 valence electrons. The molecule has 27 heavy (non-hydrogen) atoms. The smallest absolute Gasteiger partial charge is 0.119 e. The Morgan fingerprint density at radius 3 is 2.48 bits per heavy atom. The summed E-state index contributed by atoms with van der Waals surface area (Å²) in [5.74, 6) is 0. The summed E-state index contributed by atoms with van der Waals surface area (Å²) < 4.78 is 5.61. The highest BCUT2D eigenvalue weighted by atomic mass is 35.5. The van der Waals surface area contributed by atoms with E-state index in [2.05, 4.69) is 10.2 Å². The van der Waals surface area contributed by atoms with Crippen LogP contribution in [0.1, 0.15) is 22.9 Å². The standard InChI is InChI=1S/C18H21ClN2O5S/c1-27-14-5-3-11(20-21-14)7-10-6-9(2-4-12(10)19)18-17(25)16(24)15(23)13(8-22)26-18/h2-6,13,15-18,22-25H,7-8H2,1H3/t13-,15-,16+,17-,18+/m1/s1. The minimum absolute atomic E-state index is 0.436. The summed E-state index contributed by atoms with van der Waals surface area (Å²) in [5, 5.41) is 49.2. The Hall–Kier alpha value is -1.26. The molecule has 9 heteroatoms. The highest BCUT2D eigenvalue weighted by Gasteiger charge is 2.44. The van der Waals surface area contributed by atoms with Crippen molar-refractivity contribution < 1.29 is 25.2 Å². The number of ether oxygens (including phenoxy) is 1. The summed E-state index contributed by atoms with van der Waals surface area (Å²) in [6.45, 7) is -0.473. The van der Waals surface area contributed by atoms with Crippen LogP contribution in [0.4, 0.5) is 0 Å². The van der Waals surface area contributed by atoms with E-state index in [1.54, 1.807) is 18.2 Å². The summed E-state index contributed by atoms with van der Waals surface area (Å²) in [6.07, 6.45) is -3.66. The third kappa shape index (κ3) is 4.43. The molecule has 0 saturated carbocycles. The van der Waals surface area contributed by atoms with Gasteiger partial charge >= 0.3 is 0 Å². The molecule has 0 spiro atoms. The Morgan fingerprint density at radius 2 is 1.85 bits per heavy atom. The van der Waals surface area contributed by atoms with Gasteiger partial charge in [-0.05, 0) is 35.6 Å². The number of hydrogen-bond acceptors (Lipinski definition) is 8. The first-order valence-corrected chi connectivity index (χ1v) is 10.00. The molecule has 7 nitrogen and oxygen atoms in total. The quantitative estimate of drug-likeness (QED) is 0.536. The van der Waals surface area contributed by atoms with Gasteiger partial charge in [0.2, 0.25) is 0 Å². The van der Waals surface area contributed by atoms with Gasteiger partial charge in [0, 0.05) is 11.4 Å². The Morgan fingerprint density at radius 1 is 1.07 bits per heavy atom. The van der Waals surface area contributed by atoms with Crippen molar-refractivity contribution in [2.45, 2.75) is 42.0 Å². The van der Waals surface area contributed by atoms with Crippen LogP contribution in [-0.2, 0) is 11.2 Å². The lowest BCUT2D eigenvalue weighted by molar-refractivity contribution is -0.231. The first kappa shape index (κ1) is 20.5. The maximum Gasteiger partial charge on any atom is 0.119 e. The van der Waals surface area contributed by atoms with Gasteiger partial charge in [0.15, 0.2) is 0 Å². The number of aliphatic hydroxyl groups excluding tert-OH is 4. The molecule has 1 saturated heterocycles. The lowest BCUT2D eigenvalue weighted by atomic mass is 9.90. The van der Waals surface area contributed by atoms with Crippen molar-refractivity contribution >= 4 is 23.4 Å². The summed E-state index contributed by atoms with van der Waals surface area (Å²) in [4.78, 5) is 0. The monoisotopic (exact) mass is 412 g/mol. The van der Waals surface area contributed by atoms with E-state index in [0.717, 1.165) is 16.3 Å². The van der Waals surface area contributed by atoms with E-state index in [-0.39, 0.29) is 0 Å². The van der Waals surface area contributed by atoms with Gasteiger partial charge in [0.25, 0.3) is 0 Å². The van der Waals surface area contributed by atoms with E-state index in [9.17, 15) is 20.4 Å². The molecule has 0 amide bonds. The van der Waals surface area contributed by atoms with Crippen LogP contribution in [0, 0.1) is 0 Å². The van der Waals surface area contributed by atoms with Gasteiger partial charge in [0.1, 0.15) is 35.5 Å². The molecule has 0 unspecified atom stereocenters. The summed E-state index contributed by atoms with van der Waals surface area (Å²) >= 11 is 7.81. The number of thioether (sulfide) groups is 1. The second-order valence-electron chi connectivity index (χ2n) is 6.34. The fourth-order valence-electron chi connectivity index (χ4n) is 3.03. The van der Waals surface area contributed by atoms with Crippen molar-refractivity contribution in [3.05, 3.63) is 52.2 Å². The molecule has 0 radical (unpaired) electrons. The van der Waals surface area contributed by atoms with E-state index in [4.69, 9.17) is 16.3 Å². The van der Waals surface area contributed by atoms with Crippen LogP contribution in [0.15, 0.2) is 35.4 Å². The van der Waals surface area contributed by atoms with Crippen LogP contribution in [0.25, 0.3) is 0 Å². The van der Waals surface area contributed by atoms with E-state index >= 15 is 0 Å². The molecular formula is C18H21ClN2O5S. The molecule has 1 fully saturated rings. The van der Waals surface area contributed by atoms with E-state index < -0.39 is 37.1 Å². The molecule has 1 aromatic carbocycles. The molecule has 2 heterocycles. The Balaban J connectivity index is 1.85. The Kier molecular flexibility index (Phi) is 6.69. The maximum atomic E-state index is 10.3. The van der Waals surface area contributed by atoms with Crippen LogP contribution in [-0.4, -0.2) is 67.9 Å². The largest absolute Gasteiger partial charge is 0.394 e. The fourth-order valence-corrected chi connectivity index (χ4v) is 3.54. The van der Waals surface area contributed by atoms with Crippen LogP contribution in [0.2, 0.25) is 5.02 Å². The molecule has 4 N–H and O–H groups in total. The molecule has 1 aliphatic rings. The average molecular weight is 413 g/mol. The number of rotatable bonds is 5. The Labute approximate surface area is 166 Å². The average Bonchev–Trinajstić information content (AvgIpc) is 2.69. The minimum Gasteiger partial charge on any atom is -0.394 e. The second kappa shape index (κ2) is 8.83. The normalized spacial score (nSPS) is 28.3. The minimum atomic E-state index is -1.43.